The lowest BCUT2D eigenvalue weighted by Crippen LogP contribution is -2.49. The van der Waals surface area contributed by atoms with Gasteiger partial charge in [0.25, 0.3) is 0 Å². The van der Waals surface area contributed by atoms with Crippen LogP contribution < -0.4 is 5.73 Å². The quantitative estimate of drug-likeness (QED) is 0.214. The van der Waals surface area contributed by atoms with E-state index in [-0.39, 0.29) is 20.1 Å². The summed E-state index contributed by atoms with van der Waals surface area (Å²) in [5.74, 6) is -1.60. The summed E-state index contributed by atoms with van der Waals surface area (Å²) in [4.78, 5) is -6.85. The van der Waals surface area contributed by atoms with Crippen molar-refractivity contribution in [2.24, 2.45) is 5.92 Å². The Hall–Kier alpha value is 1.72. The number of allylic oxidation sites excluding steroid dienone is 6. The summed E-state index contributed by atoms with van der Waals surface area (Å²) >= 11 is 83.0. The average molecular weight is 687 g/mol. The summed E-state index contributed by atoms with van der Waals surface area (Å²) < 4.78 is -3.79. The lowest BCUT2D eigenvalue weighted by molar-refractivity contribution is 0.444. The lowest BCUT2D eigenvalue weighted by Gasteiger charge is -2.46. The Balaban J connectivity index is 1.83. The Morgan fingerprint density at radius 3 is 1.73 bits per heavy atom. The monoisotopic (exact) mass is 681 g/mol. The van der Waals surface area contributed by atoms with Crippen LogP contribution in [-0.2, 0) is 0 Å². The van der Waals surface area contributed by atoms with Crippen LogP contribution in [0.5, 0.6) is 0 Å². The summed E-state index contributed by atoms with van der Waals surface area (Å²) in [6.45, 7) is 0. The fourth-order valence-corrected chi connectivity index (χ4v) is 12.0. The number of halogens is 12. The van der Waals surface area contributed by atoms with E-state index in [9.17, 15) is 0 Å². The second-order valence-electron chi connectivity index (χ2n) is 8.74. The third kappa shape index (κ3) is 2.11. The lowest BCUT2D eigenvalue weighted by atomic mass is 9.64. The number of nitrogen functional groups attached to an aromatic ring is 1. The van der Waals surface area contributed by atoms with Crippen molar-refractivity contribution in [2.75, 3.05) is 5.73 Å². The Labute approximate surface area is 248 Å². The van der Waals surface area contributed by atoms with Crippen molar-refractivity contribution >= 4 is 150 Å². The fraction of sp³-hybridized carbons (Fsp3) is 0.400. The zero-order valence-corrected chi connectivity index (χ0v) is 24.6. The Bertz CT molecular complexity index is 1310. The first-order chi connectivity index (χ1) is 15.0. The van der Waals surface area contributed by atoms with E-state index in [1.165, 1.54) is 0 Å². The molecule has 6 atom stereocenters. The van der Waals surface area contributed by atoms with E-state index < -0.39 is 40.0 Å². The second kappa shape index (κ2) is 6.64. The van der Waals surface area contributed by atoms with Gasteiger partial charge in [-0.05, 0) is 34.4 Å². The molecule has 1 saturated carbocycles. The van der Waals surface area contributed by atoms with E-state index in [0.717, 1.165) is 0 Å². The summed E-state index contributed by atoms with van der Waals surface area (Å²) in [6, 6.07) is 5.16. The third-order valence-corrected chi connectivity index (χ3v) is 15.9. The van der Waals surface area contributed by atoms with Gasteiger partial charge in [0.05, 0.1) is 20.1 Å². The minimum atomic E-state index is -1.91. The van der Waals surface area contributed by atoms with Gasteiger partial charge in [-0.15, -0.1) is 46.4 Å². The first-order valence-corrected chi connectivity index (χ1v) is 13.8. The van der Waals surface area contributed by atoms with Crippen molar-refractivity contribution in [2.45, 2.75) is 34.1 Å². The standard InChI is InChI=1S/C20H7Cl12N/c21-11-13(23)17(27)9-7(15(11,25)19(17,29)30)5-2-1-4(33)3-6(5)8-10(9)18(28)14(24)12(22)16(8,26)20(18,31)32/h1-3,8,10H,33H2/t8-,10-,15+,16+,17+,18+/m0/s1. The molecule has 5 aliphatic rings. The van der Waals surface area contributed by atoms with Crippen LogP contribution in [0.15, 0.2) is 43.9 Å². The molecule has 0 heterocycles. The molecule has 13 heteroatoms. The molecule has 33 heavy (non-hydrogen) atoms. The van der Waals surface area contributed by atoms with Crippen LogP contribution in [0.3, 0.4) is 0 Å². The van der Waals surface area contributed by atoms with Crippen molar-refractivity contribution in [3.8, 4) is 0 Å². The maximum absolute atomic E-state index is 7.22. The molecule has 1 nitrogen and oxygen atoms in total. The van der Waals surface area contributed by atoms with E-state index in [2.05, 4.69) is 0 Å². The van der Waals surface area contributed by atoms with Gasteiger partial charge in [-0.25, -0.2) is 0 Å². The number of fused-ring (bicyclic) bond motifs is 13. The summed E-state index contributed by atoms with van der Waals surface area (Å²) in [5, 5.41) is -0.0193. The molecule has 0 unspecified atom stereocenters. The average Bonchev–Trinajstić information content (AvgIpc) is 3.08. The van der Waals surface area contributed by atoms with Crippen LogP contribution in [-0.4, -0.2) is 28.2 Å². The number of nitrogens with two attached hydrogens (primary N) is 1. The zero-order chi connectivity index (χ0) is 24.5. The van der Waals surface area contributed by atoms with Crippen LogP contribution >= 0.6 is 139 Å². The van der Waals surface area contributed by atoms with Gasteiger partial charge in [0.1, 0.15) is 19.5 Å². The molecule has 6 rings (SSSR count). The van der Waals surface area contributed by atoms with E-state index in [4.69, 9.17) is 145 Å². The highest BCUT2D eigenvalue weighted by Gasteiger charge is 2.88. The van der Waals surface area contributed by atoms with Gasteiger partial charge in [0.2, 0.25) is 0 Å². The predicted octanol–water partition coefficient (Wildman–Crippen LogP) is 9.43. The number of hydrogen-bond donors (Lipinski definition) is 1. The zero-order valence-electron chi connectivity index (χ0n) is 15.5. The van der Waals surface area contributed by atoms with Gasteiger partial charge < -0.3 is 5.73 Å². The third-order valence-electron chi connectivity index (χ3n) is 7.57. The van der Waals surface area contributed by atoms with Gasteiger partial charge in [-0.3, -0.25) is 0 Å². The minimum Gasteiger partial charge on any atom is -0.399 e. The molecule has 5 aliphatic carbocycles. The molecule has 0 aromatic heterocycles. The predicted molar refractivity (Wildman–Crippen MR) is 145 cm³/mol. The summed E-state index contributed by atoms with van der Waals surface area (Å²) in [6.07, 6.45) is 0. The molecule has 0 spiro atoms. The van der Waals surface area contributed by atoms with Gasteiger partial charge in [0.15, 0.2) is 8.67 Å². The van der Waals surface area contributed by atoms with Crippen molar-refractivity contribution in [1.82, 2.24) is 0 Å². The SMILES string of the molecule is Nc1ccc2c(c1)[C@H]1[C@@H](C3=C2[C@@]2(Cl)C(Cl)=C(Cl)[C@@]3(Cl)C2(Cl)Cl)[C@@]2(Cl)C(Cl)=C(Cl)[C@@]1(Cl)C2(Cl)Cl. The highest BCUT2D eigenvalue weighted by molar-refractivity contribution is 6.70. The van der Waals surface area contributed by atoms with Crippen LogP contribution in [0.2, 0.25) is 0 Å². The van der Waals surface area contributed by atoms with Gasteiger partial charge in [-0.1, -0.05) is 98.9 Å². The first kappa shape index (κ1) is 25.0. The van der Waals surface area contributed by atoms with Gasteiger partial charge >= 0.3 is 0 Å². The number of hydrogen-bond acceptors (Lipinski definition) is 1. The van der Waals surface area contributed by atoms with Gasteiger partial charge in [-0.2, -0.15) is 0 Å². The molecule has 1 fully saturated rings. The van der Waals surface area contributed by atoms with E-state index >= 15 is 0 Å². The molecule has 4 bridgehead atoms. The summed E-state index contributed by atoms with van der Waals surface area (Å²) in [7, 11) is 0. The van der Waals surface area contributed by atoms with Crippen molar-refractivity contribution in [3.63, 3.8) is 0 Å². The molecule has 0 amide bonds. The Kier molecular flexibility index (Phi) is 5.04. The molecular weight excluding hydrogens is 680 g/mol. The normalized spacial score (nSPS) is 45.7. The summed E-state index contributed by atoms with van der Waals surface area (Å²) in [5.41, 5.74) is 8.65. The molecule has 2 N–H and O–H groups in total. The molecule has 0 radical (unpaired) electrons. The molecule has 0 aliphatic heterocycles. The number of alkyl halides is 8. The van der Waals surface area contributed by atoms with Gasteiger partial charge in [0, 0.05) is 17.5 Å². The Morgan fingerprint density at radius 2 is 1.15 bits per heavy atom. The molecule has 1 aromatic carbocycles. The van der Waals surface area contributed by atoms with Crippen LogP contribution in [0.1, 0.15) is 17.0 Å². The Morgan fingerprint density at radius 1 is 0.636 bits per heavy atom. The molecule has 1 aromatic rings. The fourth-order valence-electron chi connectivity index (χ4n) is 6.24. The maximum Gasteiger partial charge on any atom is 0.174 e. The van der Waals surface area contributed by atoms with Crippen LogP contribution in [0, 0.1) is 5.92 Å². The highest BCUT2D eigenvalue weighted by atomic mass is 35.5. The van der Waals surface area contributed by atoms with Crippen LogP contribution in [0.25, 0.3) is 5.57 Å². The van der Waals surface area contributed by atoms with Crippen LogP contribution in [0.4, 0.5) is 5.69 Å². The number of rotatable bonds is 0. The first-order valence-electron chi connectivity index (χ1n) is 9.28. The highest BCUT2D eigenvalue weighted by Crippen LogP contribution is 2.86. The molecule has 0 saturated heterocycles. The smallest absolute Gasteiger partial charge is 0.174 e. The molecular formula is C20H7Cl12N. The largest absolute Gasteiger partial charge is 0.399 e. The van der Waals surface area contributed by atoms with E-state index in [1.54, 1.807) is 18.2 Å². The topological polar surface area (TPSA) is 26.0 Å². The second-order valence-corrected chi connectivity index (χ2v) is 15.2. The van der Waals surface area contributed by atoms with E-state index in [1.807, 2.05) is 0 Å². The number of benzene rings is 1. The minimum absolute atomic E-state index is 0.000792. The van der Waals surface area contributed by atoms with E-state index in [0.29, 0.717) is 28.0 Å². The maximum atomic E-state index is 7.22. The van der Waals surface area contributed by atoms with Crippen molar-refractivity contribution < 1.29 is 0 Å². The van der Waals surface area contributed by atoms with Crippen molar-refractivity contribution in [1.29, 1.82) is 0 Å². The molecule has 176 valence electrons. The van der Waals surface area contributed by atoms with Crippen molar-refractivity contribution in [3.05, 3.63) is 55.0 Å². The number of anilines is 1.